The molecule has 0 aromatic heterocycles. The van der Waals surface area contributed by atoms with Crippen molar-refractivity contribution in [3.8, 4) is 0 Å². The molecule has 2 heterocycles. The highest BCUT2D eigenvalue weighted by atomic mass is 32.2. The zero-order chi connectivity index (χ0) is 33.7. The Morgan fingerprint density at radius 3 is 2.59 bits per heavy atom. The van der Waals surface area contributed by atoms with E-state index in [9.17, 15) is 18.8 Å². The number of hydrogen-bond acceptors (Lipinski definition) is 6. The molecule has 0 aliphatic carbocycles. The number of nitrogens with one attached hydrogen (secondary N) is 3. The SMILES string of the molecule is C=C/C(=C\C=C\NC(=O)CNC(=O)Nc1ccccc1)C1SC(=Nc2cccc(F)c2)N(CC2=CCCC=CO2)C1=O.CC.CC. The van der Waals surface area contributed by atoms with Crippen molar-refractivity contribution in [1.29, 1.82) is 0 Å². The van der Waals surface area contributed by atoms with Gasteiger partial charge in [0.25, 0.3) is 0 Å². The highest BCUT2D eigenvalue weighted by Gasteiger charge is 2.40. The Hall–Kier alpha value is -4.90. The molecule has 0 radical (unpaired) electrons. The molecule has 1 atom stereocenters. The van der Waals surface area contributed by atoms with E-state index in [0.717, 1.165) is 12.8 Å². The summed E-state index contributed by atoms with van der Waals surface area (Å²) in [6.07, 6.45) is 13.3. The van der Waals surface area contributed by atoms with E-state index in [0.29, 0.717) is 27.9 Å². The number of anilines is 1. The van der Waals surface area contributed by atoms with Gasteiger partial charge in [-0.3, -0.25) is 14.5 Å². The Labute approximate surface area is 275 Å². The molecule has 2 aromatic rings. The molecule has 4 rings (SSSR count). The number of carbonyl (C=O) groups excluding carboxylic acids is 3. The number of rotatable bonds is 10. The maximum absolute atomic E-state index is 13.8. The van der Waals surface area contributed by atoms with Gasteiger partial charge in [-0.15, -0.1) is 0 Å². The molecule has 0 bridgehead atoms. The Morgan fingerprint density at radius 2 is 1.87 bits per heavy atom. The Bertz CT molecular complexity index is 1470. The third kappa shape index (κ3) is 12.2. The Morgan fingerprint density at radius 1 is 1.11 bits per heavy atom. The molecule has 0 spiro atoms. The zero-order valence-electron chi connectivity index (χ0n) is 26.7. The summed E-state index contributed by atoms with van der Waals surface area (Å²) in [5.74, 6) is -0.482. The second-order valence-corrected chi connectivity index (χ2v) is 10.1. The van der Waals surface area contributed by atoms with Gasteiger partial charge in [0.05, 0.1) is 25.0 Å². The van der Waals surface area contributed by atoms with Crippen LogP contribution >= 0.6 is 11.8 Å². The van der Waals surface area contributed by atoms with Crippen molar-refractivity contribution < 1.29 is 23.5 Å². The van der Waals surface area contributed by atoms with E-state index < -0.39 is 23.0 Å². The first kappa shape index (κ1) is 37.3. The fraction of sp³-hybridized carbons (Fsp3) is 0.257. The number of hydrogen-bond donors (Lipinski definition) is 3. The van der Waals surface area contributed by atoms with E-state index in [4.69, 9.17) is 4.74 Å². The van der Waals surface area contributed by atoms with Crippen LogP contribution < -0.4 is 16.0 Å². The van der Waals surface area contributed by atoms with Crippen LogP contribution in [0.5, 0.6) is 0 Å². The third-order valence-corrected chi connectivity index (χ3v) is 7.15. The number of urea groups is 1. The van der Waals surface area contributed by atoms with Crippen LogP contribution in [-0.2, 0) is 14.3 Å². The van der Waals surface area contributed by atoms with Gasteiger partial charge in [-0.05, 0) is 67.0 Å². The molecule has 46 heavy (non-hydrogen) atoms. The minimum atomic E-state index is -0.666. The molecule has 3 N–H and O–H groups in total. The van der Waals surface area contributed by atoms with Crippen LogP contribution in [0.15, 0.2) is 120 Å². The minimum Gasteiger partial charge on any atom is -0.468 e. The molecule has 11 heteroatoms. The van der Waals surface area contributed by atoms with Crippen molar-refractivity contribution in [2.75, 3.05) is 18.4 Å². The van der Waals surface area contributed by atoms with Gasteiger partial charge >= 0.3 is 6.03 Å². The van der Waals surface area contributed by atoms with Crippen LogP contribution in [0.2, 0.25) is 0 Å². The van der Waals surface area contributed by atoms with Crippen LogP contribution in [0, 0.1) is 5.82 Å². The van der Waals surface area contributed by atoms with Crippen molar-refractivity contribution in [3.63, 3.8) is 0 Å². The third-order valence-electron chi connectivity index (χ3n) is 5.92. The van der Waals surface area contributed by atoms with Crippen molar-refractivity contribution in [3.05, 3.63) is 121 Å². The van der Waals surface area contributed by atoms with Gasteiger partial charge in [0.15, 0.2) is 5.17 Å². The molecule has 0 saturated carbocycles. The smallest absolute Gasteiger partial charge is 0.319 e. The highest BCUT2D eigenvalue weighted by molar-refractivity contribution is 8.15. The summed E-state index contributed by atoms with van der Waals surface area (Å²) in [6, 6.07) is 14.2. The van der Waals surface area contributed by atoms with Crippen LogP contribution in [0.3, 0.4) is 0 Å². The number of amides is 4. The van der Waals surface area contributed by atoms with Gasteiger partial charge in [0, 0.05) is 11.9 Å². The number of thioether (sulfide) groups is 1. The molecule has 2 aliphatic rings. The molecule has 1 unspecified atom stereocenters. The van der Waals surface area contributed by atoms with Gasteiger partial charge in [-0.1, -0.05) is 82.5 Å². The molecule has 9 nitrogen and oxygen atoms in total. The number of ether oxygens (including phenoxy) is 1. The maximum Gasteiger partial charge on any atom is 0.319 e. The molecule has 4 amide bonds. The largest absolute Gasteiger partial charge is 0.468 e. The lowest BCUT2D eigenvalue weighted by atomic mass is 10.1. The summed E-state index contributed by atoms with van der Waals surface area (Å²) in [7, 11) is 0. The minimum absolute atomic E-state index is 0.169. The van der Waals surface area contributed by atoms with Crippen molar-refractivity contribution in [1.82, 2.24) is 15.5 Å². The first-order chi connectivity index (χ1) is 22.4. The highest BCUT2D eigenvalue weighted by Crippen LogP contribution is 2.35. The van der Waals surface area contributed by atoms with Crippen molar-refractivity contribution >= 4 is 46.1 Å². The molecular formula is C35H42FN5O4S. The summed E-state index contributed by atoms with van der Waals surface area (Å²) in [5.41, 5.74) is 1.57. The lowest BCUT2D eigenvalue weighted by Crippen LogP contribution is -2.37. The van der Waals surface area contributed by atoms with E-state index in [2.05, 4.69) is 27.5 Å². The standard InChI is InChI=1S/C31H30FN5O4S.2C2H6/c1-2-22(11-10-17-33-27(38)20-34-30(40)35-24-13-5-3-6-14-24)28-29(39)37(21-26-16-7-4-8-18-41-26)31(42-28)36-25-15-9-12-23(32)19-25;2*1-2/h2-3,5-6,8-19,28H,1,4,7,20-21H2,(H,33,38)(H2,34,35,40);2*1-2H3/b17-10+,22-11+,36-31?;;. The van der Waals surface area contributed by atoms with Gasteiger partial charge < -0.3 is 20.7 Å². The molecule has 2 aromatic carbocycles. The number of benzene rings is 2. The Balaban J connectivity index is 0.00000177. The quantitative estimate of drug-likeness (QED) is 0.230. The number of nitrogens with zero attached hydrogens (tertiary/aromatic N) is 2. The number of allylic oxidation sites excluding steroid dienone is 5. The Kier molecular flexibility index (Phi) is 17.0. The normalized spacial score (nSPS) is 16.6. The van der Waals surface area contributed by atoms with Gasteiger partial charge in [0.1, 0.15) is 16.8 Å². The van der Waals surface area contributed by atoms with Crippen molar-refractivity contribution in [2.24, 2.45) is 4.99 Å². The summed E-state index contributed by atoms with van der Waals surface area (Å²) in [6.45, 7) is 11.8. The molecule has 1 saturated heterocycles. The van der Waals surface area contributed by atoms with E-state index in [-0.39, 0.29) is 19.0 Å². The topological polar surface area (TPSA) is 112 Å². The van der Waals surface area contributed by atoms with Gasteiger partial charge in [-0.2, -0.15) is 0 Å². The van der Waals surface area contributed by atoms with E-state index in [1.807, 2.05) is 45.9 Å². The second kappa shape index (κ2) is 20.9. The van der Waals surface area contributed by atoms with E-state index in [1.165, 1.54) is 35.0 Å². The molecule has 2 aliphatic heterocycles. The molecular weight excluding hydrogens is 605 g/mol. The predicted octanol–water partition coefficient (Wildman–Crippen LogP) is 7.58. The first-order valence-corrected chi connectivity index (χ1v) is 16.0. The summed E-state index contributed by atoms with van der Waals surface area (Å²) in [5, 5.41) is 7.40. The van der Waals surface area contributed by atoms with E-state index >= 15 is 0 Å². The second-order valence-electron chi connectivity index (χ2n) is 9.01. The van der Waals surface area contributed by atoms with Crippen molar-refractivity contribution in [2.45, 2.75) is 45.8 Å². The monoisotopic (exact) mass is 647 g/mol. The van der Waals surface area contributed by atoms with Crippen LogP contribution in [0.1, 0.15) is 40.5 Å². The fourth-order valence-corrected chi connectivity index (χ4v) is 5.06. The number of carbonyl (C=O) groups is 3. The number of para-hydroxylation sites is 1. The first-order valence-electron chi connectivity index (χ1n) is 15.1. The van der Waals surface area contributed by atoms with Gasteiger partial charge in [-0.25, -0.2) is 14.2 Å². The van der Waals surface area contributed by atoms with E-state index in [1.54, 1.807) is 60.9 Å². The lowest BCUT2D eigenvalue weighted by molar-refractivity contribution is -0.125. The average molecular weight is 648 g/mol. The zero-order valence-corrected chi connectivity index (χ0v) is 27.5. The number of aliphatic imine (C=N–C) groups is 1. The number of amidine groups is 1. The van der Waals surface area contributed by atoms with Crippen LogP contribution in [-0.4, -0.2) is 46.3 Å². The molecule has 244 valence electrons. The molecule has 1 fully saturated rings. The lowest BCUT2D eigenvalue weighted by Gasteiger charge is -2.18. The van der Waals surface area contributed by atoms with Gasteiger partial charge in [0.2, 0.25) is 11.8 Å². The fourth-order valence-electron chi connectivity index (χ4n) is 3.88. The van der Waals surface area contributed by atoms with Crippen LogP contribution in [0.4, 0.5) is 20.6 Å². The summed E-state index contributed by atoms with van der Waals surface area (Å²) in [4.78, 5) is 43.7. The predicted molar refractivity (Wildman–Crippen MR) is 186 cm³/mol. The maximum atomic E-state index is 13.8. The average Bonchev–Trinajstić information content (AvgIpc) is 3.22. The van der Waals surface area contributed by atoms with Crippen LogP contribution in [0.25, 0.3) is 0 Å². The summed E-state index contributed by atoms with van der Waals surface area (Å²) >= 11 is 1.22. The number of halogens is 1. The summed E-state index contributed by atoms with van der Waals surface area (Å²) < 4.78 is 19.5.